The second-order valence-electron chi connectivity index (χ2n) is 8.16. The third-order valence-electron chi connectivity index (χ3n) is 6.09. The normalized spacial score (nSPS) is 14.9. The number of hydrogen-bond donors (Lipinski definition) is 0. The zero-order chi connectivity index (χ0) is 28.4. The number of unbranched alkanes of at least 4 members (excludes halogenated alkanes) is 4. The van der Waals surface area contributed by atoms with Crippen molar-refractivity contribution in [3.63, 3.8) is 0 Å². The summed E-state index contributed by atoms with van der Waals surface area (Å²) in [6.07, 6.45) is -11.7. The standard InChI is InChI=1S/C12H16F10O3S.C8H20N/c13-8(6-4-2-1-3-5-7-9(14,15)16)10(17,18)11(19,20)12(21,22)26(23,24)25;1-5-9(6-2,7-3)8-4/h8H,1-7H2,(H,23,24,25);5-8H2,1-4H3/q;+1/p-1. The second-order valence-corrected chi connectivity index (χ2v) is 9.58. The van der Waals surface area contributed by atoms with Gasteiger partial charge in [-0.05, 0) is 40.5 Å². The largest absolute Gasteiger partial charge is 0.743 e. The van der Waals surface area contributed by atoms with Crippen molar-refractivity contribution in [3.8, 4) is 0 Å². The molecule has 0 aliphatic carbocycles. The van der Waals surface area contributed by atoms with E-state index in [4.69, 9.17) is 0 Å². The first-order valence-electron chi connectivity index (χ1n) is 11.3. The molecule has 0 amide bonds. The van der Waals surface area contributed by atoms with Gasteiger partial charge in [-0.15, -0.1) is 0 Å². The molecule has 0 bridgehead atoms. The van der Waals surface area contributed by atoms with E-state index in [1.165, 1.54) is 30.7 Å². The Morgan fingerprint density at radius 3 is 1.40 bits per heavy atom. The molecule has 1 unspecified atom stereocenters. The molecule has 0 saturated carbocycles. The lowest BCUT2D eigenvalue weighted by Gasteiger charge is -2.35. The van der Waals surface area contributed by atoms with E-state index >= 15 is 0 Å². The molecule has 0 N–H and O–H groups in total. The molecule has 0 spiro atoms. The van der Waals surface area contributed by atoms with Crippen molar-refractivity contribution < 1.29 is 61.4 Å². The number of rotatable bonds is 15. The van der Waals surface area contributed by atoms with Gasteiger partial charge >= 0.3 is 23.3 Å². The Bertz CT molecular complexity index is 678. The summed E-state index contributed by atoms with van der Waals surface area (Å²) in [4.78, 5) is 0. The van der Waals surface area contributed by atoms with Gasteiger partial charge in [-0.1, -0.05) is 25.7 Å². The Morgan fingerprint density at radius 1 is 0.714 bits per heavy atom. The summed E-state index contributed by atoms with van der Waals surface area (Å²) in [6.45, 7) is 14.2. The predicted octanol–water partition coefficient (Wildman–Crippen LogP) is 6.91. The Labute approximate surface area is 200 Å². The molecule has 4 nitrogen and oxygen atoms in total. The summed E-state index contributed by atoms with van der Waals surface area (Å²) < 4.78 is 159. The molecule has 35 heavy (non-hydrogen) atoms. The number of halogens is 10. The van der Waals surface area contributed by atoms with Gasteiger partial charge in [0.15, 0.2) is 16.3 Å². The maximum atomic E-state index is 13.3. The van der Waals surface area contributed by atoms with Crippen LogP contribution in [0.25, 0.3) is 0 Å². The highest BCUT2D eigenvalue weighted by Gasteiger charge is 2.77. The number of hydrogen-bond acceptors (Lipinski definition) is 3. The van der Waals surface area contributed by atoms with Crippen LogP contribution in [0.3, 0.4) is 0 Å². The van der Waals surface area contributed by atoms with E-state index in [1.54, 1.807) is 0 Å². The average Bonchev–Trinajstić information content (AvgIpc) is 2.73. The molecular formula is C20H35F10NO3S. The van der Waals surface area contributed by atoms with Crippen LogP contribution in [0.15, 0.2) is 0 Å². The topological polar surface area (TPSA) is 57.2 Å². The van der Waals surface area contributed by atoms with E-state index in [0.29, 0.717) is 0 Å². The lowest BCUT2D eigenvalue weighted by Crippen LogP contribution is -2.61. The van der Waals surface area contributed by atoms with Crippen molar-refractivity contribution in [1.82, 2.24) is 0 Å². The third kappa shape index (κ3) is 10.6. The van der Waals surface area contributed by atoms with Crippen molar-refractivity contribution in [2.24, 2.45) is 0 Å². The number of quaternary nitrogens is 1. The summed E-state index contributed by atoms with van der Waals surface area (Å²) >= 11 is 0. The van der Waals surface area contributed by atoms with Crippen LogP contribution in [0.4, 0.5) is 43.9 Å². The minimum Gasteiger partial charge on any atom is -0.743 e. The van der Waals surface area contributed by atoms with Crippen LogP contribution in [0.1, 0.15) is 72.6 Å². The molecule has 0 aliphatic rings. The summed E-state index contributed by atoms with van der Waals surface area (Å²) in [5.74, 6) is -12.9. The Balaban J connectivity index is 0. The molecule has 1 atom stereocenters. The van der Waals surface area contributed by atoms with Gasteiger partial charge in [0.2, 0.25) is 0 Å². The maximum absolute atomic E-state index is 13.3. The van der Waals surface area contributed by atoms with Gasteiger partial charge in [0.05, 0.1) is 26.2 Å². The molecule has 0 saturated heterocycles. The maximum Gasteiger partial charge on any atom is 0.402 e. The Kier molecular flexibility index (Phi) is 14.7. The van der Waals surface area contributed by atoms with E-state index in [-0.39, 0.29) is 25.7 Å². The van der Waals surface area contributed by atoms with Crippen molar-refractivity contribution >= 4 is 10.1 Å². The van der Waals surface area contributed by atoms with Gasteiger partial charge in [0, 0.05) is 6.42 Å². The van der Waals surface area contributed by atoms with E-state index in [2.05, 4.69) is 27.7 Å². The van der Waals surface area contributed by atoms with Gasteiger partial charge < -0.3 is 9.04 Å². The lowest BCUT2D eigenvalue weighted by atomic mass is 10.0. The Hall–Kier alpha value is -0.830. The zero-order valence-electron chi connectivity index (χ0n) is 20.2. The highest BCUT2D eigenvalue weighted by Crippen LogP contribution is 2.50. The molecular weight excluding hydrogens is 524 g/mol. The van der Waals surface area contributed by atoms with Gasteiger partial charge in [-0.25, -0.2) is 12.8 Å². The molecule has 0 radical (unpaired) electrons. The van der Waals surface area contributed by atoms with Gasteiger partial charge in [0.25, 0.3) is 0 Å². The van der Waals surface area contributed by atoms with Gasteiger partial charge in [0.1, 0.15) is 0 Å². The first kappa shape index (κ1) is 36.3. The molecule has 0 aliphatic heterocycles. The third-order valence-corrected chi connectivity index (χ3v) is 6.98. The highest BCUT2D eigenvalue weighted by atomic mass is 32.2. The number of nitrogens with zero attached hydrogens (tertiary/aromatic N) is 1. The fourth-order valence-electron chi connectivity index (χ4n) is 3.25. The second kappa shape index (κ2) is 14.2. The fourth-order valence-corrected chi connectivity index (χ4v) is 3.70. The van der Waals surface area contributed by atoms with E-state index in [9.17, 15) is 56.9 Å². The van der Waals surface area contributed by atoms with Gasteiger partial charge in [-0.3, -0.25) is 0 Å². The zero-order valence-corrected chi connectivity index (χ0v) is 21.0. The summed E-state index contributed by atoms with van der Waals surface area (Å²) in [6, 6.07) is 0. The summed E-state index contributed by atoms with van der Waals surface area (Å²) in [7, 11) is -7.20. The molecule has 0 aromatic carbocycles. The summed E-state index contributed by atoms with van der Waals surface area (Å²) in [5, 5.41) is -6.73. The van der Waals surface area contributed by atoms with Crippen molar-refractivity contribution in [2.75, 3.05) is 26.2 Å². The molecule has 15 heteroatoms. The van der Waals surface area contributed by atoms with Gasteiger partial charge in [-0.2, -0.15) is 39.5 Å². The highest BCUT2D eigenvalue weighted by molar-refractivity contribution is 7.86. The van der Waals surface area contributed by atoms with Crippen LogP contribution in [-0.2, 0) is 10.1 Å². The predicted molar refractivity (Wildman–Crippen MR) is 110 cm³/mol. The molecule has 0 heterocycles. The quantitative estimate of drug-likeness (QED) is 0.0949. The Morgan fingerprint density at radius 2 is 1.09 bits per heavy atom. The SMILES string of the molecule is CC[N+](CC)(CC)CC.O=S(=O)([O-])C(F)(F)C(F)(F)C(F)(F)C(F)CCCCCCCC(F)(F)F. The molecule has 0 fully saturated rings. The monoisotopic (exact) mass is 559 g/mol. The van der Waals surface area contributed by atoms with E-state index in [0.717, 1.165) is 0 Å². The van der Waals surface area contributed by atoms with Crippen LogP contribution in [-0.4, -0.2) is 73.1 Å². The van der Waals surface area contributed by atoms with Crippen LogP contribution in [0.2, 0.25) is 0 Å². The smallest absolute Gasteiger partial charge is 0.402 e. The van der Waals surface area contributed by atoms with Crippen LogP contribution >= 0.6 is 0 Å². The van der Waals surface area contributed by atoms with E-state index < -0.39 is 58.8 Å². The van der Waals surface area contributed by atoms with Crippen LogP contribution < -0.4 is 0 Å². The molecule has 214 valence electrons. The first-order chi connectivity index (χ1) is 15.6. The average molecular weight is 560 g/mol. The van der Waals surface area contributed by atoms with Crippen molar-refractivity contribution in [3.05, 3.63) is 0 Å². The lowest BCUT2D eigenvalue weighted by molar-refractivity contribution is -0.921. The minimum atomic E-state index is -7.20. The molecule has 0 aromatic heterocycles. The fraction of sp³-hybridized carbons (Fsp3) is 1.00. The van der Waals surface area contributed by atoms with Crippen molar-refractivity contribution in [2.45, 2.75) is 102 Å². The van der Waals surface area contributed by atoms with Crippen molar-refractivity contribution in [1.29, 1.82) is 0 Å². The number of alkyl halides is 10. The van der Waals surface area contributed by atoms with Crippen LogP contribution in [0, 0.1) is 0 Å². The van der Waals surface area contributed by atoms with E-state index in [1.807, 2.05) is 0 Å². The van der Waals surface area contributed by atoms with Crippen LogP contribution in [0.5, 0.6) is 0 Å². The summed E-state index contributed by atoms with van der Waals surface area (Å²) in [5.41, 5.74) is 0. The first-order valence-corrected chi connectivity index (χ1v) is 12.7. The molecule has 0 aromatic rings. The molecule has 0 rings (SSSR count). The minimum absolute atomic E-state index is 0.00445.